The maximum absolute atomic E-state index is 11.6. The number of nitrogen functional groups attached to an aromatic ring is 1. The Bertz CT molecular complexity index is 451. The van der Waals surface area contributed by atoms with Crippen LogP contribution in [0.25, 0.3) is 0 Å². The van der Waals surface area contributed by atoms with Crippen molar-refractivity contribution in [2.45, 2.75) is 13.0 Å². The predicted octanol–water partition coefficient (Wildman–Crippen LogP) is 0.889. The number of rotatable bonds is 7. The normalized spacial score (nSPS) is 12.0. The van der Waals surface area contributed by atoms with Crippen molar-refractivity contribution in [3.63, 3.8) is 0 Å². The van der Waals surface area contributed by atoms with Gasteiger partial charge in [-0.25, -0.2) is 4.79 Å². The number of nitrogens with two attached hydrogens (primary N) is 1. The van der Waals surface area contributed by atoms with E-state index >= 15 is 0 Å². The van der Waals surface area contributed by atoms with Crippen LogP contribution in [-0.4, -0.2) is 51.1 Å². The number of esters is 1. The average Bonchev–Trinajstić information content (AvgIpc) is 2.38. The fourth-order valence-electron chi connectivity index (χ4n) is 1.90. The van der Waals surface area contributed by atoms with Crippen LogP contribution in [0.2, 0.25) is 0 Å². The van der Waals surface area contributed by atoms with E-state index in [4.69, 9.17) is 15.2 Å². The van der Waals surface area contributed by atoms with E-state index < -0.39 is 12.1 Å². The van der Waals surface area contributed by atoms with Crippen molar-refractivity contribution in [1.29, 1.82) is 0 Å². The van der Waals surface area contributed by atoms with Crippen molar-refractivity contribution in [2.24, 2.45) is 0 Å². The van der Waals surface area contributed by atoms with Gasteiger partial charge in [0, 0.05) is 20.7 Å². The molecule has 0 radical (unpaired) electrons. The molecular weight excluding hydrogens is 260 g/mol. The number of ether oxygens (including phenoxy) is 2. The van der Waals surface area contributed by atoms with E-state index in [9.17, 15) is 9.90 Å². The minimum Gasteiger partial charge on any atom is -0.462 e. The number of aliphatic hydroxyl groups is 1. The highest BCUT2D eigenvalue weighted by Gasteiger charge is 2.13. The van der Waals surface area contributed by atoms with E-state index in [1.165, 1.54) is 7.11 Å². The second kappa shape index (κ2) is 7.72. The average molecular weight is 282 g/mol. The maximum atomic E-state index is 11.6. The van der Waals surface area contributed by atoms with Crippen LogP contribution in [0.4, 0.5) is 11.4 Å². The molecule has 0 aromatic heterocycles. The smallest absolute Gasteiger partial charge is 0.338 e. The first kappa shape index (κ1) is 16.3. The largest absolute Gasteiger partial charge is 0.462 e. The number of hydrogen-bond donors (Lipinski definition) is 2. The van der Waals surface area contributed by atoms with Gasteiger partial charge in [-0.2, -0.15) is 0 Å². The number of aliphatic hydroxyl groups excluding tert-OH is 1. The van der Waals surface area contributed by atoms with Gasteiger partial charge in [0.2, 0.25) is 0 Å². The van der Waals surface area contributed by atoms with Crippen molar-refractivity contribution in [3.8, 4) is 0 Å². The molecule has 20 heavy (non-hydrogen) atoms. The lowest BCUT2D eigenvalue weighted by Crippen LogP contribution is -2.32. The molecule has 0 bridgehead atoms. The molecule has 0 aliphatic heterocycles. The Morgan fingerprint density at radius 1 is 1.50 bits per heavy atom. The van der Waals surface area contributed by atoms with E-state index in [0.717, 1.165) is 5.69 Å². The first-order valence-electron chi connectivity index (χ1n) is 6.44. The van der Waals surface area contributed by atoms with E-state index in [0.29, 0.717) is 24.4 Å². The molecule has 1 unspecified atom stereocenters. The molecule has 0 amide bonds. The zero-order chi connectivity index (χ0) is 15.1. The van der Waals surface area contributed by atoms with Gasteiger partial charge in [0.15, 0.2) is 0 Å². The van der Waals surface area contributed by atoms with Gasteiger partial charge in [0.1, 0.15) is 0 Å². The summed E-state index contributed by atoms with van der Waals surface area (Å²) in [6.45, 7) is 2.71. The van der Waals surface area contributed by atoms with Crippen molar-refractivity contribution < 1.29 is 19.4 Å². The van der Waals surface area contributed by atoms with Crippen molar-refractivity contribution in [1.82, 2.24) is 0 Å². The summed E-state index contributed by atoms with van der Waals surface area (Å²) >= 11 is 0. The molecule has 112 valence electrons. The van der Waals surface area contributed by atoms with Crippen LogP contribution in [0.5, 0.6) is 0 Å². The molecule has 6 nitrogen and oxygen atoms in total. The van der Waals surface area contributed by atoms with Gasteiger partial charge in [-0.1, -0.05) is 0 Å². The zero-order valence-corrected chi connectivity index (χ0v) is 12.1. The van der Waals surface area contributed by atoms with Gasteiger partial charge in [-0.3, -0.25) is 0 Å². The van der Waals surface area contributed by atoms with Crippen LogP contribution >= 0.6 is 0 Å². The second-order valence-corrected chi connectivity index (χ2v) is 4.48. The van der Waals surface area contributed by atoms with Crippen LogP contribution in [0.15, 0.2) is 18.2 Å². The SMILES string of the molecule is CCOC(=O)c1ccc(N(C)CC(O)COC)c(N)c1. The van der Waals surface area contributed by atoms with Crippen LogP contribution in [-0.2, 0) is 9.47 Å². The quantitative estimate of drug-likeness (QED) is 0.570. The lowest BCUT2D eigenvalue weighted by Gasteiger charge is -2.24. The topological polar surface area (TPSA) is 85.0 Å². The van der Waals surface area contributed by atoms with E-state index in [1.54, 1.807) is 25.1 Å². The van der Waals surface area contributed by atoms with Crippen LogP contribution in [0, 0.1) is 0 Å². The first-order valence-corrected chi connectivity index (χ1v) is 6.44. The standard InChI is InChI=1S/C14H22N2O4/c1-4-20-14(18)10-5-6-13(12(15)7-10)16(2)8-11(17)9-19-3/h5-7,11,17H,4,8-9,15H2,1-3H3. The first-order chi connectivity index (χ1) is 9.49. The minimum atomic E-state index is -0.603. The van der Waals surface area contributed by atoms with Crippen molar-refractivity contribution in [2.75, 3.05) is 44.5 Å². The summed E-state index contributed by atoms with van der Waals surface area (Å²) < 4.78 is 9.79. The molecule has 0 saturated carbocycles. The van der Waals surface area contributed by atoms with Gasteiger partial charge in [-0.05, 0) is 25.1 Å². The third-order valence-electron chi connectivity index (χ3n) is 2.79. The monoisotopic (exact) mass is 282 g/mol. The second-order valence-electron chi connectivity index (χ2n) is 4.48. The van der Waals surface area contributed by atoms with Crippen LogP contribution < -0.4 is 10.6 Å². The molecule has 1 rings (SSSR count). The fourth-order valence-corrected chi connectivity index (χ4v) is 1.90. The molecular formula is C14H22N2O4. The van der Waals surface area contributed by atoms with E-state index in [-0.39, 0.29) is 6.61 Å². The Hall–Kier alpha value is -1.79. The molecule has 1 aromatic rings. The highest BCUT2D eigenvalue weighted by Crippen LogP contribution is 2.24. The molecule has 0 spiro atoms. The summed E-state index contributed by atoms with van der Waals surface area (Å²) in [5.74, 6) is -0.396. The summed E-state index contributed by atoms with van der Waals surface area (Å²) in [5, 5.41) is 9.70. The van der Waals surface area contributed by atoms with Gasteiger partial charge in [0.25, 0.3) is 0 Å². The maximum Gasteiger partial charge on any atom is 0.338 e. The molecule has 0 heterocycles. The minimum absolute atomic E-state index is 0.255. The zero-order valence-electron chi connectivity index (χ0n) is 12.1. The number of methoxy groups -OCH3 is 1. The number of carbonyl (C=O) groups is 1. The summed E-state index contributed by atoms with van der Waals surface area (Å²) in [7, 11) is 3.35. The van der Waals surface area contributed by atoms with Crippen molar-refractivity contribution >= 4 is 17.3 Å². The number of benzene rings is 1. The highest BCUT2D eigenvalue weighted by atomic mass is 16.5. The number of likely N-dealkylation sites (N-methyl/N-ethyl adjacent to an activating group) is 1. The van der Waals surface area contributed by atoms with Gasteiger partial charge < -0.3 is 25.2 Å². The van der Waals surface area contributed by atoms with Gasteiger partial charge in [0.05, 0.1) is 36.3 Å². The third-order valence-corrected chi connectivity index (χ3v) is 2.79. The van der Waals surface area contributed by atoms with E-state index in [2.05, 4.69) is 0 Å². The molecule has 0 saturated heterocycles. The Morgan fingerprint density at radius 3 is 2.75 bits per heavy atom. The summed E-state index contributed by atoms with van der Waals surface area (Å²) in [6.07, 6.45) is -0.603. The lowest BCUT2D eigenvalue weighted by atomic mass is 10.1. The molecule has 3 N–H and O–H groups in total. The lowest BCUT2D eigenvalue weighted by molar-refractivity contribution is 0.0526. The molecule has 6 heteroatoms. The third kappa shape index (κ3) is 4.40. The van der Waals surface area contributed by atoms with E-state index in [1.807, 2.05) is 11.9 Å². The molecule has 0 aliphatic carbocycles. The van der Waals surface area contributed by atoms with Crippen LogP contribution in [0.1, 0.15) is 17.3 Å². The van der Waals surface area contributed by atoms with Crippen molar-refractivity contribution in [3.05, 3.63) is 23.8 Å². The molecule has 1 atom stereocenters. The highest BCUT2D eigenvalue weighted by molar-refractivity contribution is 5.92. The summed E-state index contributed by atoms with van der Waals surface area (Å²) in [4.78, 5) is 13.4. The number of carbonyl (C=O) groups excluding carboxylic acids is 1. The Labute approximate surface area is 119 Å². The number of nitrogens with zero attached hydrogens (tertiary/aromatic N) is 1. The number of hydrogen-bond acceptors (Lipinski definition) is 6. The van der Waals surface area contributed by atoms with Gasteiger partial charge in [-0.15, -0.1) is 0 Å². The predicted molar refractivity (Wildman–Crippen MR) is 78.0 cm³/mol. The summed E-state index contributed by atoms with van der Waals surface area (Å²) in [6, 6.07) is 4.97. The Balaban J connectivity index is 2.79. The van der Waals surface area contributed by atoms with Crippen LogP contribution in [0.3, 0.4) is 0 Å². The fraction of sp³-hybridized carbons (Fsp3) is 0.500. The Morgan fingerprint density at radius 2 is 2.20 bits per heavy atom. The molecule has 1 aromatic carbocycles. The number of anilines is 2. The molecule has 0 fully saturated rings. The molecule has 0 aliphatic rings. The van der Waals surface area contributed by atoms with Gasteiger partial charge >= 0.3 is 5.97 Å². The summed E-state index contributed by atoms with van der Waals surface area (Å²) in [5.41, 5.74) is 7.56. The Kier molecular flexibility index (Phi) is 6.27.